The molecule has 0 spiro atoms. The van der Waals surface area contributed by atoms with Gasteiger partial charge < -0.3 is 5.73 Å². The fraction of sp³-hybridized carbons (Fsp3) is 0.250. The number of sulfone groups is 1. The highest BCUT2D eigenvalue weighted by Crippen LogP contribution is 2.27. The SMILES string of the molecule is CC(C)c1ccc(S(=O)(=O)Cc2cccc(N)c2Br)cc1. The Morgan fingerprint density at radius 3 is 2.29 bits per heavy atom. The van der Waals surface area contributed by atoms with Crippen molar-refractivity contribution in [2.24, 2.45) is 0 Å². The molecule has 0 fully saturated rings. The van der Waals surface area contributed by atoms with E-state index in [1.165, 1.54) is 0 Å². The second-order valence-corrected chi connectivity index (χ2v) is 8.09. The second-order valence-electron chi connectivity index (χ2n) is 5.30. The Kier molecular flexibility index (Phi) is 4.74. The van der Waals surface area contributed by atoms with Crippen molar-refractivity contribution < 1.29 is 8.42 Å². The van der Waals surface area contributed by atoms with Crippen molar-refractivity contribution in [1.29, 1.82) is 0 Å². The number of nitrogens with two attached hydrogens (primary N) is 1. The van der Waals surface area contributed by atoms with Gasteiger partial charge in [-0.2, -0.15) is 0 Å². The number of rotatable bonds is 4. The number of hydrogen-bond acceptors (Lipinski definition) is 3. The van der Waals surface area contributed by atoms with E-state index in [0.717, 1.165) is 5.56 Å². The minimum atomic E-state index is -3.38. The third kappa shape index (κ3) is 3.66. The molecule has 0 heterocycles. The van der Waals surface area contributed by atoms with Gasteiger partial charge in [-0.05, 0) is 51.2 Å². The lowest BCUT2D eigenvalue weighted by Gasteiger charge is -2.10. The van der Waals surface area contributed by atoms with Crippen LogP contribution in [0.3, 0.4) is 0 Å². The maximum Gasteiger partial charge on any atom is 0.182 e. The summed E-state index contributed by atoms with van der Waals surface area (Å²) in [5, 5.41) is 0. The summed E-state index contributed by atoms with van der Waals surface area (Å²) in [4.78, 5) is 0.334. The van der Waals surface area contributed by atoms with Crippen LogP contribution in [0.5, 0.6) is 0 Å². The highest BCUT2D eigenvalue weighted by atomic mass is 79.9. The molecule has 2 aromatic carbocycles. The van der Waals surface area contributed by atoms with E-state index in [0.29, 0.717) is 26.5 Å². The maximum atomic E-state index is 12.5. The Balaban J connectivity index is 2.32. The zero-order valence-electron chi connectivity index (χ0n) is 12.0. The van der Waals surface area contributed by atoms with Crippen molar-refractivity contribution in [2.75, 3.05) is 5.73 Å². The Labute approximate surface area is 134 Å². The van der Waals surface area contributed by atoms with Crippen LogP contribution in [-0.4, -0.2) is 8.42 Å². The molecule has 0 aliphatic rings. The Morgan fingerprint density at radius 1 is 1.10 bits per heavy atom. The molecule has 3 nitrogen and oxygen atoms in total. The molecule has 0 unspecified atom stereocenters. The van der Waals surface area contributed by atoms with Crippen LogP contribution < -0.4 is 5.73 Å². The normalized spacial score (nSPS) is 11.8. The summed E-state index contributed by atoms with van der Waals surface area (Å²) in [7, 11) is -3.38. The molecule has 2 aromatic rings. The summed E-state index contributed by atoms with van der Waals surface area (Å²) in [5.41, 5.74) is 8.12. The predicted molar refractivity (Wildman–Crippen MR) is 90.0 cm³/mol. The zero-order valence-corrected chi connectivity index (χ0v) is 14.4. The van der Waals surface area contributed by atoms with E-state index in [-0.39, 0.29) is 5.75 Å². The van der Waals surface area contributed by atoms with Crippen LogP contribution in [-0.2, 0) is 15.6 Å². The highest BCUT2D eigenvalue weighted by Gasteiger charge is 2.17. The summed E-state index contributed by atoms with van der Waals surface area (Å²) >= 11 is 3.35. The standard InChI is InChI=1S/C16H18BrNO2S/c1-11(2)12-6-8-14(9-7-12)21(19,20)10-13-4-3-5-15(18)16(13)17/h3-9,11H,10,18H2,1-2H3. The van der Waals surface area contributed by atoms with Crippen LogP contribution in [0.1, 0.15) is 30.9 Å². The lowest BCUT2D eigenvalue weighted by atomic mass is 10.0. The smallest absolute Gasteiger partial charge is 0.182 e. The highest BCUT2D eigenvalue weighted by molar-refractivity contribution is 9.10. The molecule has 2 rings (SSSR count). The molecule has 0 saturated carbocycles. The molecular weight excluding hydrogens is 350 g/mol. The fourth-order valence-corrected chi connectivity index (χ4v) is 4.02. The van der Waals surface area contributed by atoms with Crippen LogP contribution in [0, 0.1) is 0 Å². The van der Waals surface area contributed by atoms with E-state index in [9.17, 15) is 8.42 Å². The first-order chi connectivity index (χ1) is 9.81. The largest absolute Gasteiger partial charge is 0.398 e. The minimum Gasteiger partial charge on any atom is -0.398 e. The molecule has 0 atom stereocenters. The average molecular weight is 368 g/mol. The summed E-state index contributed by atoms with van der Waals surface area (Å²) in [5.74, 6) is 0.310. The molecule has 5 heteroatoms. The van der Waals surface area contributed by atoms with Gasteiger partial charge in [0.25, 0.3) is 0 Å². The van der Waals surface area contributed by atoms with E-state index in [2.05, 4.69) is 29.8 Å². The van der Waals surface area contributed by atoms with Crippen molar-refractivity contribution in [3.63, 3.8) is 0 Å². The molecule has 0 amide bonds. The molecule has 0 aliphatic carbocycles. The van der Waals surface area contributed by atoms with Gasteiger partial charge in [0.05, 0.1) is 10.6 Å². The fourth-order valence-electron chi connectivity index (χ4n) is 2.06. The molecule has 0 aliphatic heterocycles. The van der Waals surface area contributed by atoms with Crippen LogP contribution in [0.25, 0.3) is 0 Å². The van der Waals surface area contributed by atoms with Gasteiger partial charge in [0.1, 0.15) is 0 Å². The third-order valence-electron chi connectivity index (χ3n) is 3.36. The van der Waals surface area contributed by atoms with E-state index in [1.54, 1.807) is 30.3 Å². The predicted octanol–water partition coefficient (Wildman–Crippen LogP) is 4.13. The van der Waals surface area contributed by atoms with Gasteiger partial charge >= 0.3 is 0 Å². The number of anilines is 1. The molecule has 0 saturated heterocycles. The monoisotopic (exact) mass is 367 g/mol. The third-order valence-corrected chi connectivity index (χ3v) is 6.01. The Bertz CT molecular complexity index is 737. The van der Waals surface area contributed by atoms with Crippen molar-refractivity contribution in [3.05, 3.63) is 58.1 Å². The lowest BCUT2D eigenvalue weighted by molar-refractivity contribution is 0.595. The van der Waals surface area contributed by atoms with Crippen molar-refractivity contribution in [2.45, 2.75) is 30.4 Å². The van der Waals surface area contributed by atoms with Gasteiger partial charge in [-0.25, -0.2) is 8.42 Å². The summed E-state index contributed by atoms with van der Waals surface area (Å²) in [6.45, 7) is 4.15. The van der Waals surface area contributed by atoms with Gasteiger partial charge in [-0.15, -0.1) is 0 Å². The zero-order chi connectivity index (χ0) is 15.6. The summed E-state index contributed by atoms with van der Waals surface area (Å²) in [6.07, 6.45) is 0. The number of halogens is 1. The second kappa shape index (κ2) is 6.20. The van der Waals surface area contributed by atoms with Gasteiger partial charge in [-0.3, -0.25) is 0 Å². The Morgan fingerprint density at radius 2 is 1.71 bits per heavy atom. The van der Waals surface area contributed by atoms with E-state index in [1.807, 2.05) is 12.1 Å². The molecule has 0 bridgehead atoms. The Hall–Kier alpha value is -1.33. The molecule has 21 heavy (non-hydrogen) atoms. The van der Waals surface area contributed by atoms with Crippen LogP contribution in [0.4, 0.5) is 5.69 Å². The first-order valence-electron chi connectivity index (χ1n) is 6.67. The van der Waals surface area contributed by atoms with E-state index in [4.69, 9.17) is 5.73 Å². The van der Waals surface area contributed by atoms with Gasteiger partial charge in [-0.1, -0.05) is 38.1 Å². The van der Waals surface area contributed by atoms with E-state index < -0.39 is 9.84 Å². The van der Waals surface area contributed by atoms with Crippen molar-refractivity contribution >= 4 is 31.5 Å². The van der Waals surface area contributed by atoms with Crippen molar-refractivity contribution in [3.8, 4) is 0 Å². The first kappa shape index (κ1) is 16.0. The van der Waals surface area contributed by atoms with Gasteiger partial charge in [0.15, 0.2) is 9.84 Å². The van der Waals surface area contributed by atoms with Crippen molar-refractivity contribution in [1.82, 2.24) is 0 Å². The topological polar surface area (TPSA) is 60.2 Å². The van der Waals surface area contributed by atoms with Crippen LogP contribution in [0.2, 0.25) is 0 Å². The molecule has 2 N–H and O–H groups in total. The summed E-state index contributed by atoms with van der Waals surface area (Å²) in [6, 6.07) is 12.3. The molecule has 112 valence electrons. The first-order valence-corrected chi connectivity index (χ1v) is 9.11. The van der Waals surface area contributed by atoms with Gasteiger partial charge in [0.2, 0.25) is 0 Å². The van der Waals surface area contributed by atoms with E-state index >= 15 is 0 Å². The van der Waals surface area contributed by atoms with Crippen LogP contribution >= 0.6 is 15.9 Å². The number of nitrogen functional groups attached to an aromatic ring is 1. The molecule has 0 aromatic heterocycles. The minimum absolute atomic E-state index is 0.0698. The molecular formula is C16H18BrNO2S. The lowest BCUT2D eigenvalue weighted by Crippen LogP contribution is -2.06. The molecule has 0 radical (unpaired) electrons. The average Bonchev–Trinajstić information content (AvgIpc) is 2.44. The quantitative estimate of drug-likeness (QED) is 0.826. The number of benzene rings is 2. The van der Waals surface area contributed by atoms with Crippen LogP contribution in [0.15, 0.2) is 51.8 Å². The van der Waals surface area contributed by atoms with Gasteiger partial charge in [0, 0.05) is 10.2 Å². The summed E-state index contributed by atoms with van der Waals surface area (Å²) < 4.78 is 25.6. The maximum absolute atomic E-state index is 12.5. The number of hydrogen-bond donors (Lipinski definition) is 1.